The van der Waals surface area contributed by atoms with Gasteiger partial charge in [-0.3, -0.25) is 4.98 Å². The van der Waals surface area contributed by atoms with Crippen LogP contribution in [0.1, 0.15) is 31.7 Å². The Hall–Kier alpha value is -2.88. The molecule has 1 aromatic heterocycles. The third-order valence-electron chi connectivity index (χ3n) is 6.99. The van der Waals surface area contributed by atoms with Crippen LogP contribution in [0.2, 0.25) is 5.02 Å². The topological polar surface area (TPSA) is 50.9 Å². The van der Waals surface area contributed by atoms with Crippen molar-refractivity contribution >= 4 is 28.2 Å². The Balaban J connectivity index is 1.31. The molecule has 1 fully saturated rings. The number of halogens is 1. The second-order valence-electron chi connectivity index (χ2n) is 9.02. The normalized spacial score (nSPS) is 23.2. The molecule has 0 aliphatic heterocycles. The first-order valence-corrected chi connectivity index (χ1v) is 11.7. The van der Waals surface area contributed by atoms with Crippen molar-refractivity contribution in [3.63, 3.8) is 0 Å². The van der Waals surface area contributed by atoms with E-state index in [1.807, 2.05) is 24.4 Å². The van der Waals surface area contributed by atoms with Crippen molar-refractivity contribution < 1.29 is 0 Å². The quantitative estimate of drug-likeness (QED) is 0.358. The number of benzene rings is 3. The maximum atomic E-state index is 7.08. The molecule has 0 spiro atoms. The second-order valence-corrected chi connectivity index (χ2v) is 9.46. The van der Waals surface area contributed by atoms with Crippen LogP contribution in [0.3, 0.4) is 0 Å². The van der Waals surface area contributed by atoms with Gasteiger partial charge in [-0.15, -0.1) is 0 Å². The summed E-state index contributed by atoms with van der Waals surface area (Å²) in [6.45, 7) is 2.27. The fourth-order valence-corrected chi connectivity index (χ4v) is 5.26. The van der Waals surface area contributed by atoms with Crippen LogP contribution in [0.5, 0.6) is 0 Å². The number of nitrogens with two attached hydrogens (primary N) is 1. The van der Waals surface area contributed by atoms with E-state index in [2.05, 4.69) is 77.9 Å². The van der Waals surface area contributed by atoms with E-state index in [0.717, 1.165) is 35.9 Å². The van der Waals surface area contributed by atoms with Gasteiger partial charge in [0.05, 0.1) is 5.52 Å². The Bertz CT molecular complexity index is 1220. The van der Waals surface area contributed by atoms with Gasteiger partial charge in [0, 0.05) is 33.9 Å². The lowest BCUT2D eigenvalue weighted by molar-refractivity contribution is 0.197. The summed E-state index contributed by atoms with van der Waals surface area (Å²) >= 11 is 6.18. The Morgan fingerprint density at radius 3 is 2.47 bits per heavy atom. The summed E-state index contributed by atoms with van der Waals surface area (Å²) in [7, 11) is 0. The third-order valence-corrected chi connectivity index (χ3v) is 7.23. The summed E-state index contributed by atoms with van der Waals surface area (Å²) in [4.78, 5) is 4.50. The molecule has 0 saturated heterocycles. The highest BCUT2D eigenvalue weighted by molar-refractivity contribution is 6.31. The van der Waals surface area contributed by atoms with E-state index in [1.54, 1.807) is 0 Å². The predicted molar refractivity (Wildman–Crippen MR) is 135 cm³/mol. The van der Waals surface area contributed by atoms with Gasteiger partial charge in [-0.2, -0.15) is 0 Å². The molecule has 1 aliphatic carbocycles. The number of pyridine rings is 1. The zero-order valence-electron chi connectivity index (χ0n) is 18.3. The summed E-state index contributed by atoms with van der Waals surface area (Å²) in [5.41, 5.74) is 12.4. The molecule has 3 unspecified atom stereocenters. The maximum Gasteiger partial charge on any atom is 0.0720 e. The fourth-order valence-electron chi connectivity index (χ4n) is 5.10. The van der Waals surface area contributed by atoms with E-state index < -0.39 is 0 Å². The molecular formula is C28H28ClN3. The summed E-state index contributed by atoms with van der Waals surface area (Å²) < 4.78 is 0. The molecule has 0 amide bonds. The number of nitrogens with zero attached hydrogens (tertiary/aromatic N) is 1. The maximum absolute atomic E-state index is 7.08. The minimum absolute atomic E-state index is 0.332. The molecule has 3 aromatic carbocycles. The molecule has 1 saturated carbocycles. The van der Waals surface area contributed by atoms with E-state index in [0.29, 0.717) is 17.0 Å². The monoisotopic (exact) mass is 441 g/mol. The SMILES string of the molecule is CC1CC(Nc2ccc(-c3ccccc3)cc2)CCC1(N)c1ccnc2cc(Cl)ccc12. The summed E-state index contributed by atoms with van der Waals surface area (Å²) in [5, 5.41) is 5.55. The van der Waals surface area contributed by atoms with Gasteiger partial charge in [0.25, 0.3) is 0 Å². The molecule has 162 valence electrons. The number of nitrogens with one attached hydrogen (secondary N) is 1. The van der Waals surface area contributed by atoms with Crippen LogP contribution < -0.4 is 11.1 Å². The van der Waals surface area contributed by atoms with E-state index >= 15 is 0 Å². The molecule has 0 bridgehead atoms. The minimum atomic E-state index is -0.371. The van der Waals surface area contributed by atoms with Gasteiger partial charge in [-0.1, -0.05) is 67.1 Å². The molecule has 3 nitrogen and oxygen atoms in total. The lowest BCUT2D eigenvalue weighted by Gasteiger charge is -2.44. The first-order chi connectivity index (χ1) is 15.5. The molecule has 5 rings (SSSR count). The van der Waals surface area contributed by atoms with Gasteiger partial charge >= 0.3 is 0 Å². The zero-order valence-corrected chi connectivity index (χ0v) is 19.0. The molecule has 3 atom stereocenters. The van der Waals surface area contributed by atoms with Crippen LogP contribution in [0.4, 0.5) is 5.69 Å². The van der Waals surface area contributed by atoms with Crippen LogP contribution in [0.25, 0.3) is 22.0 Å². The number of hydrogen-bond donors (Lipinski definition) is 2. The summed E-state index contributed by atoms with van der Waals surface area (Å²) in [6.07, 6.45) is 4.83. The van der Waals surface area contributed by atoms with E-state index in [1.165, 1.54) is 16.7 Å². The van der Waals surface area contributed by atoms with Crippen molar-refractivity contribution in [3.05, 3.63) is 95.6 Å². The molecule has 1 heterocycles. The van der Waals surface area contributed by atoms with Gasteiger partial charge in [0.15, 0.2) is 0 Å². The smallest absolute Gasteiger partial charge is 0.0720 e. The first-order valence-electron chi connectivity index (χ1n) is 11.3. The van der Waals surface area contributed by atoms with Gasteiger partial charge in [-0.05, 0) is 72.2 Å². The average Bonchev–Trinajstić information content (AvgIpc) is 2.82. The van der Waals surface area contributed by atoms with Crippen molar-refractivity contribution in [1.29, 1.82) is 0 Å². The summed E-state index contributed by atoms with van der Waals surface area (Å²) in [5.74, 6) is 0.332. The number of anilines is 1. The molecule has 1 aliphatic rings. The van der Waals surface area contributed by atoms with Gasteiger partial charge in [0.2, 0.25) is 0 Å². The van der Waals surface area contributed by atoms with Gasteiger partial charge in [-0.25, -0.2) is 0 Å². The number of fused-ring (bicyclic) bond motifs is 1. The van der Waals surface area contributed by atoms with Crippen LogP contribution in [0.15, 0.2) is 85.1 Å². The molecule has 4 heteroatoms. The molecule has 0 radical (unpaired) electrons. The Morgan fingerprint density at radius 1 is 0.969 bits per heavy atom. The Morgan fingerprint density at radius 2 is 1.72 bits per heavy atom. The predicted octanol–water partition coefficient (Wildman–Crippen LogP) is 7.01. The van der Waals surface area contributed by atoms with Gasteiger partial charge in [0.1, 0.15) is 0 Å². The van der Waals surface area contributed by atoms with Crippen LogP contribution in [-0.2, 0) is 5.54 Å². The highest BCUT2D eigenvalue weighted by atomic mass is 35.5. The third kappa shape index (κ3) is 3.99. The lowest BCUT2D eigenvalue weighted by Crippen LogP contribution is -2.49. The number of aromatic nitrogens is 1. The van der Waals surface area contributed by atoms with Crippen molar-refractivity contribution in [1.82, 2.24) is 4.98 Å². The highest BCUT2D eigenvalue weighted by Gasteiger charge is 2.40. The van der Waals surface area contributed by atoms with Crippen LogP contribution >= 0.6 is 11.6 Å². The van der Waals surface area contributed by atoms with Crippen LogP contribution in [-0.4, -0.2) is 11.0 Å². The Kier molecular flexibility index (Phi) is 5.62. The number of rotatable bonds is 4. The van der Waals surface area contributed by atoms with Crippen LogP contribution in [0, 0.1) is 5.92 Å². The van der Waals surface area contributed by atoms with E-state index in [-0.39, 0.29) is 5.54 Å². The fraction of sp³-hybridized carbons (Fsp3) is 0.250. The van der Waals surface area contributed by atoms with Gasteiger partial charge < -0.3 is 11.1 Å². The number of hydrogen-bond acceptors (Lipinski definition) is 3. The lowest BCUT2D eigenvalue weighted by atomic mass is 9.68. The van der Waals surface area contributed by atoms with E-state index in [9.17, 15) is 0 Å². The summed E-state index contributed by atoms with van der Waals surface area (Å²) in [6, 6.07) is 27.6. The standard InChI is InChI=1S/C28H28ClN3/c1-19-17-24(32-23-10-7-21(8-11-23)20-5-3-2-4-6-20)13-15-28(19,30)26-14-16-31-27-18-22(29)9-12-25(26)27/h2-12,14,16,18-19,24,32H,13,15,17,30H2,1H3. The molecule has 32 heavy (non-hydrogen) atoms. The van der Waals surface area contributed by atoms with Crippen molar-refractivity contribution in [2.75, 3.05) is 5.32 Å². The highest BCUT2D eigenvalue weighted by Crippen LogP contribution is 2.42. The zero-order chi connectivity index (χ0) is 22.1. The first kappa shape index (κ1) is 21.0. The minimum Gasteiger partial charge on any atom is -0.382 e. The largest absolute Gasteiger partial charge is 0.382 e. The van der Waals surface area contributed by atoms with Crippen molar-refractivity contribution in [2.24, 2.45) is 11.7 Å². The van der Waals surface area contributed by atoms with Crippen molar-refractivity contribution in [2.45, 2.75) is 37.8 Å². The molecule has 3 N–H and O–H groups in total. The Labute approximate surface area is 194 Å². The second kappa shape index (κ2) is 8.57. The molecule has 4 aromatic rings. The molecular weight excluding hydrogens is 414 g/mol. The average molecular weight is 442 g/mol. The van der Waals surface area contributed by atoms with E-state index in [4.69, 9.17) is 17.3 Å². The van der Waals surface area contributed by atoms with Crippen molar-refractivity contribution in [3.8, 4) is 11.1 Å².